The summed E-state index contributed by atoms with van der Waals surface area (Å²) < 4.78 is 2.07. The number of nitrogens with zero attached hydrogens (tertiary/aromatic N) is 3. The Morgan fingerprint density at radius 1 is 1.14 bits per heavy atom. The van der Waals surface area contributed by atoms with Crippen LogP contribution in [0.4, 0.5) is 5.95 Å². The molecule has 0 unspecified atom stereocenters. The summed E-state index contributed by atoms with van der Waals surface area (Å²) >= 11 is 1.79. The van der Waals surface area contributed by atoms with Crippen molar-refractivity contribution in [1.29, 1.82) is 0 Å². The first kappa shape index (κ1) is 12.3. The fourth-order valence-corrected chi connectivity index (χ4v) is 3.55. The van der Waals surface area contributed by atoms with E-state index in [0.717, 1.165) is 28.5 Å². The monoisotopic (exact) mass is 294 g/mol. The van der Waals surface area contributed by atoms with E-state index in [1.165, 1.54) is 9.75 Å². The first-order chi connectivity index (χ1) is 10.2. The largest absolute Gasteiger partial charge is 0.369 e. The van der Waals surface area contributed by atoms with Gasteiger partial charge in [-0.3, -0.25) is 4.98 Å². The van der Waals surface area contributed by atoms with Crippen LogP contribution in [0.5, 0.6) is 0 Å². The number of nitrogen functional groups attached to an aromatic ring is 1. The Morgan fingerprint density at radius 3 is 2.81 bits per heavy atom. The molecule has 0 radical (unpaired) electrons. The quantitative estimate of drug-likeness (QED) is 0.614. The minimum atomic E-state index is 0.536. The summed E-state index contributed by atoms with van der Waals surface area (Å²) in [6.45, 7) is 2.86. The highest BCUT2D eigenvalue weighted by molar-refractivity contribution is 7.11. The second kappa shape index (κ2) is 4.56. The van der Waals surface area contributed by atoms with Crippen LogP contribution in [-0.4, -0.2) is 14.5 Å². The smallest absolute Gasteiger partial charge is 0.201 e. The van der Waals surface area contributed by atoms with Crippen molar-refractivity contribution in [2.75, 3.05) is 5.73 Å². The highest BCUT2D eigenvalue weighted by Gasteiger charge is 2.13. The van der Waals surface area contributed by atoms with Crippen LogP contribution in [0.3, 0.4) is 0 Å². The van der Waals surface area contributed by atoms with E-state index in [2.05, 4.69) is 39.7 Å². The lowest BCUT2D eigenvalue weighted by atomic mass is 10.2. The second-order valence-corrected chi connectivity index (χ2v) is 6.45. The van der Waals surface area contributed by atoms with Crippen molar-refractivity contribution in [3.63, 3.8) is 0 Å². The van der Waals surface area contributed by atoms with Gasteiger partial charge in [0.1, 0.15) is 5.52 Å². The van der Waals surface area contributed by atoms with Gasteiger partial charge in [-0.25, -0.2) is 4.98 Å². The summed E-state index contributed by atoms with van der Waals surface area (Å²) in [5.74, 6) is 0.536. The van der Waals surface area contributed by atoms with Crippen LogP contribution >= 0.6 is 11.3 Å². The van der Waals surface area contributed by atoms with Crippen LogP contribution in [0.25, 0.3) is 21.9 Å². The number of fused-ring (bicyclic) bond motifs is 3. The van der Waals surface area contributed by atoms with Crippen molar-refractivity contribution in [1.82, 2.24) is 14.5 Å². The zero-order chi connectivity index (χ0) is 14.4. The Bertz CT molecular complexity index is 951. The topological polar surface area (TPSA) is 56.7 Å². The van der Waals surface area contributed by atoms with Gasteiger partial charge in [-0.15, -0.1) is 11.3 Å². The predicted molar refractivity (Wildman–Crippen MR) is 87.6 cm³/mol. The molecule has 1 aromatic carbocycles. The molecule has 3 aromatic heterocycles. The van der Waals surface area contributed by atoms with Crippen molar-refractivity contribution in [2.24, 2.45) is 0 Å². The number of pyridine rings is 1. The number of imidazole rings is 1. The van der Waals surface area contributed by atoms with E-state index in [9.17, 15) is 0 Å². The van der Waals surface area contributed by atoms with Crippen LogP contribution in [0.2, 0.25) is 0 Å². The van der Waals surface area contributed by atoms with Crippen molar-refractivity contribution in [3.05, 3.63) is 52.3 Å². The number of hydrogen-bond acceptors (Lipinski definition) is 4. The molecular weight excluding hydrogens is 280 g/mol. The molecule has 4 nitrogen and oxygen atoms in total. The summed E-state index contributed by atoms with van der Waals surface area (Å²) in [6.07, 6.45) is 1.80. The fraction of sp³-hybridized carbons (Fsp3) is 0.125. The highest BCUT2D eigenvalue weighted by atomic mass is 32.1. The standard InChI is InChI=1S/C16H14N4S/c1-10-6-7-11(21-10)9-20-15-12-4-2-3-5-13(12)18-8-14(15)19-16(20)17/h2-8H,9H2,1H3,(H2,17,19). The van der Waals surface area contributed by atoms with E-state index in [0.29, 0.717) is 5.95 Å². The van der Waals surface area contributed by atoms with Crippen molar-refractivity contribution in [3.8, 4) is 0 Å². The SMILES string of the molecule is Cc1ccc(Cn2c(N)nc3cnc4ccccc4c32)s1. The van der Waals surface area contributed by atoms with Crippen LogP contribution in [0, 0.1) is 6.92 Å². The van der Waals surface area contributed by atoms with Crippen LogP contribution in [0.1, 0.15) is 9.75 Å². The molecule has 4 aromatic rings. The molecule has 0 bridgehead atoms. The molecule has 0 atom stereocenters. The third-order valence-electron chi connectivity index (χ3n) is 3.62. The molecule has 0 amide bonds. The molecule has 0 aliphatic carbocycles. The lowest BCUT2D eigenvalue weighted by Crippen LogP contribution is -2.03. The Labute approximate surface area is 125 Å². The number of anilines is 1. The van der Waals surface area contributed by atoms with Gasteiger partial charge in [-0.05, 0) is 25.1 Å². The van der Waals surface area contributed by atoms with Crippen molar-refractivity contribution >= 4 is 39.2 Å². The van der Waals surface area contributed by atoms with Gasteiger partial charge in [0.2, 0.25) is 5.95 Å². The summed E-state index contributed by atoms with van der Waals surface area (Å²) in [5.41, 5.74) is 9.00. The number of aryl methyl sites for hydroxylation is 1. The van der Waals surface area contributed by atoms with Gasteiger partial charge in [0.15, 0.2) is 0 Å². The van der Waals surface area contributed by atoms with Gasteiger partial charge >= 0.3 is 0 Å². The molecule has 0 saturated heterocycles. The average molecular weight is 294 g/mol. The minimum absolute atomic E-state index is 0.536. The summed E-state index contributed by atoms with van der Waals surface area (Å²) in [7, 11) is 0. The lowest BCUT2D eigenvalue weighted by Gasteiger charge is -2.06. The third kappa shape index (κ3) is 1.97. The molecule has 5 heteroatoms. The lowest BCUT2D eigenvalue weighted by molar-refractivity contribution is 0.855. The highest BCUT2D eigenvalue weighted by Crippen LogP contribution is 2.27. The Morgan fingerprint density at radius 2 is 2.00 bits per heavy atom. The van der Waals surface area contributed by atoms with Gasteiger partial charge in [0, 0.05) is 15.1 Å². The van der Waals surface area contributed by atoms with E-state index in [1.54, 1.807) is 17.5 Å². The zero-order valence-corrected chi connectivity index (χ0v) is 12.4. The molecule has 0 saturated carbocycles. The van der Waals surface area contributed by atoms with E-state index < -0.39 is 0 Å². The second-order valence-electron chi connectivity index (χ2n) is 5.08. The fourth-order valence-electron chi connectivity index (χ4n) is 2.67. The van der Waals surface area contributed by atoms with Crippen molar-refractivity contribution < 1.29 is 0 Å². The molecule has 104 valence electrons. The van der Waals surface area contributed by atoms with Gasteiger partial charge < -0.3 is 10.3 Å². The maximum absolute atomic E-state index is 6.13. The van der Waals surface area contributed by atoms with E-state index >= 15 is 0 Å². The van der Waals surface area contributed by atoms with E-state index in [4.69, 9.17) is 5.73 Å². The molecule has 4 rings (SSSR count). The van der Waals surface area contributed by atoms with Gasteiger partial charge in [-0.2, -0.15) is 0 Å². The number of nitrogens with two attached hydrogens (primary N) is 1. The number of aromatic nitrogens is 3. The summed E-state index contributed by atoms with van der Waals surface area (Å²) in [5, 5.41) is 1.09. The number of rotatable bonds is 2. The first-order valence-electron chi connectivity index (χ1n) is 6.77. The Balaban J connectivity index is 1.98. The maximum atomic E-state index is 6.13. The predicted octanol–water partition coefficient (Wildman–Crippen LogP) is 3.58. The number of hydrogen-bond donors (Lipinski definition) is 1. The number of benzene rings is 1. The average Bonchev–Trinajstić information content (AvgIpc) is 3.03. The Hall–Kier alpha value is -2.40. The zero-order valence-electron chi connectivity index (χ0n) is 11.6. The van der Waals surface area contributed by atoms with Crippen molar-refractivity contribution in [2.45, 2.75) is 13.5 Å². The molecule has 21 heavy (non-hydrogen) atoms. The summed E-state index contributed by atoms with van der Waals surface area (Å²) in [4.78, 5) is 11.5. The molecular formula is C16H14N4S. The van der Waals surface area contributed by atoms with Gasteiger partial charge in [0.25, 0.3) is 0 Å². The third-order valence-corrected chi connectivity index (χ3v) is 4.60. The maximum Gasteiger partial charge on any atom is 0.201 e. The number of thiophene rings is 1. The number of para-hydroxylation sites is 1. The minimum Gasteiger partial charge on any atom is -0.369 e. The van der Waals surface area contributed by atoms with Crippen LogP contribution in [-0.2, 0) is 6.54 Å². The molecule has 3 heterocycles. The van der Waals surface area contributed by atoms with Crippen LogP contribution < -0.4 is 5.73 Å². The molecule has 0 aliphatic heterocycles. The molecule has 2 N–H and O–H groups in total. The van der Waals surface area contributed by atoms with E-state index in [1.807, 2.05) is 18.2 Å². The Kier molecular flexibility index (Phi) is 2.68. The van der Waals surface area contributed by atoms with Gasteiger partial charge in [-0.1, -0.05) is 18.2 Å². The normalized spacial score (nSPS) is 11.5. The van der Waals surface area contributed by atoms with E-state index in [-0.39, 0.29) is 0 Å². The first-order valence-corrected chi connectivity index (χ1v) is 7.59. The van der Waals surface area contributed by atoms with Gasteiger partial charge in [0.05, 0.1) is 23.8 Å². The molecule has 0 fully saturated rings. The molecule has 0 aliphatic rings. The molecule has 0 spiro atoms. The summed E-state index contributed by atoms with van der Waals surface area (Å²) in [6, 6.07) is 12.4. The van der Waals surface area contributed by atoms with Crippen LogP contribution in [0.15, 0.2) is 42.6 Å².